The molecule has 0 spiro atoms. The molecule has 9 nitrogen and oxygen atoms in total. The molecule has 3 N–H and O–H groups in total. The van der Waals surface area contributed by atoms with Crippen molar-refractivity contribution in [3.8, 4) is 0 Å². The van der Waals surface area contributed by atoms with E-state index >= 15 is 0 Å². The first-order chi connectivity index (χ1) is 15.4. The molecule has 0 radical (unpaired) electrons. The number of H-pyrrole nitrogens is 1. The molecule has 2 aromatic heterocycles. The van der Waals surface area contributed by atoms with Crippen LogP contribution in [0.5, 0.6) is 0 Å². The number of methoxy groups -OCH3 is 1. The summed E-state index contributed by atoms with van der Waals surface area (Å²) in [4.78, 5) is 45.5. The molecular weight excluding hydrogens is 430 g/mol. The van der Waals surface area contributed by atoms with Crippen molar-refractivity contribution >= 4 is 28.7 Å². The normalized spacial score (nSPS) is 10.8. The lowest BCUT2D eigenvalue weighted by Crippen LogP contribution is -2.36. The van der Waals surface area contributed by atoms with Gasteiger partial charge >= 0.3 is 5.69 Å². The maximum atomic E-state index is 13.1. The fourth-order valence-corrected chi connectivity index (χ4v) is 4.26. The number of hydrogen-bond acceptors (Lipinski definition) is 7. The Hall–Kier alpha value is -3.24. The number of aromatic nitrogens is 3. The monoisotopic (exact) mass is 457 g/mol. The Bertz CT molecular complexity index is 1180. The molecule has 0 saturated carbocycles. The summed E-state index contributed by atoms with van der Waals surface area (Å²) in [5.74, 6) is -0.317. The highest BCUT2D eigenvalue weighted by molar-refractivity contribution is 7.13. The Balaban J connectivity index is 1.99. The number of rotatable bonds is 10. The number of hydrogen-bond donors (Lipinski definition) is 3. The van der Waals surface area contributed by atoms with Gasteiger partial charge in [-0.25, -0.2) is 9.78 Å². The largest absolute Gasteiger partial charge is 0.383 e. The van der Waals surface area contributed by atoms with E-state index < -0.39 is 17.2 Å². The number of amides is 1. The van der Waals surface area contributed by atoms with Crippen molar-refractivity contribution < 1.29 is 9.53 Å². The molecule has 0 aliphatic rings. The smallest absolute Gasteiger partial charge is 0.330 e. The Morgan fingerprint density at radius 2 is 2.00 bits per heavy atom. The van der Waals surface area contributed by atoms with E-state index in [1.807, 2.05) is 37.3 Å². The molecule has 3 aromatic rings. The van der Waals surface area contributed by atoms with Crippen molar-refractivity contribution in [2.75, 3.05) is 24.4 Å². The molecule has 10 heteroatoms. The number of carbonyl (C=O) groups excluding carboxylic acids is 1. The minimum atomic E-state index is -0.625. The number of nitrogens with one attached hydrogen (secondary N) is 3. The van der Waals surface area contributed by atoms with E-state index in [2.05, 4.69) is 20.6 Å². The molecule has 0 bridgehead atoms. The van der Waals surface area contributed by atoms with E-state index in [-0.39, 0.29) is 24.7 Å². The van der Waals surface area contributed by atoms with Gasteiger partial charge in [-0.15, -0.1) is 11.3 Å². The number of nitrogens with zero attached hydrogens (tertiary/aromatic N) is 2. The van der Waals surface area contributed by atoms with Gasteiger partial charge in [0.15, 0.2) is 0 Å². The third kappa shape index (κ3) is 5.51. The zero-order chi connectivity index (χ0) is 23.1. The zero-order valence-electron chi connectivity index (χ0n) is 18.4. The van der Waals surface area contributed by atoms with Crippen LogP contribution in [-0.4, -0.2) is 34.2 Å². The number of anilines is 2. The molecule has 32 heavy (non-hydrogen) atoms. The summed E-state index contributed by atoms with van der Waals surface area (Å²) in [5.41, 5.74) is 0.434. The number of benzene rings is 1. The van der Waals surface area contributed by atoms with Crippen molar-refractivity contribution in [3.05, 3.63) is 72.3 Å². The van der Waals surface area contributed by atoms with E-state index in [1.165, 1.54) is 23.0 Å². The lowest BCUT2D eigenvalue weighted by atomic mass is 10.2. The predicted octanol–water partition coefficient (Wildman–Crippen LogP) is 2.76. The van der Waals surface area contributed by atoms with Gasteiger partial charge in [0.25, 0.3) is 11.5 Å². The average molecular weight is 458 g/mol. The highest BCUT2D eigenvalue weighted by Crippen LogP contribution is 2.23. The third-order valence-electron chi connectivity index (χ3n) is 4.77. The molecular formula is C22H27N5O4S. The molecule has 0 aliphatic carbocycles. The minimum Gasteiger partial charge on any atom is -0.383 e. The highest BCUT2D eigenvalue weighted by Gasteiger charge is 2.21. The van der Waals surface area contributed by atoms with Crippen LogP contribution < -0.4 is 21.9 Å². The topological polar surface area (TPSA) is 118 Å². The van der Waals surface area contributed by atoms with Crippen molar-refractivity contribution in [3.63, 3.8) is 0 Å². The van der Waals surface area contributed by atoms with Crippen molar-refractivity contribution in [2.45, 2.75) is 39.8 Å². The summed E-state index contributed by atoms with van der Waals surface area (Å²) < 4.78 is 6.39. The first-order valence-corrected chi connectivity index (χ1v) is 11.2. The standard InChI is InChI=1S/C22H27N5O4S/c1-4-8-16-24-14(2)18(32-16)21(29)25-19-17(23-13-15-9-6-5-7-10-15)20(28)26-22(30)27(19)11-12-31-3/h5-7,9-10,23H,4,8,11-13H2,1-3H3,(H,25,29)(H,26,28,30). The summed E-state index contributed by atoms with van der Waals surface area (Å²) in [6, 6.07) is 9.51. The third-order valence-corrected chi connectivity index (χ3v) is 5.99. The van der Waals surface area contributed by atoms with Gasteiger partial charge in [-0.1, -0.05) is 37.3 Å². The van der Waals surface area contributed by atoms with Crippen LogP contribution in [-0.2, 0) is 24.2 Å². The molecule has 1 aromatic carbocycles. The lowest BCUT2D eigenvalue weighted by molar-refractivity contribution is 0.102. The Morgan fingerprint density at radius 1 is 1.25 bits per heavy atom. The van der Waals surface area contributed by atoms with Gasteiger partial charge in [-0.3, -0.25) is 19.1 Å². The van der Waals surface area contributed by atoms with Crippen LogP contribution in [0, 0.1) is 6.92 Å². The van der Waals surface area contributed by atoms with Crippen molar-refractivity contribution in [2.24, 2.45) is 0 Å². The number of thiazole rings is 1. The predicted molar refractivity (Wildman–Crippen MR) is 126 cm³/mol. The second-order valence-corrected chi connectivity index (χ2v) is 8.28. The fraction of sp³-hybridized carbons (Fsp3) is 0.364. The van der Waals surface area contributed by atoms with E-state index in [1.54, 1.807) is 6.92 Å². The molecule has 0 aliphatic heterocycles. The Kier molecular flexibility index (Phi) is 7.96. The van der Waals surface area contributed by atoms with Crippen molar-refractivity contribution in [1.29, 1.82) is 0 Å². The summed E-state index contributed by atoms with van der Waals surface area (Å²) in [6.45, 7) is 4.55. The zero-order valence-corrected chi connectivity index (χ0v) is 19.2. The quantitative estimate of drug-likeness (QED) is 0.431. The first-order valence-electron chi connectivity index (χ1n) is 10.4. The van der Waals surface area contributed by atoms with E-state index in [4.69, 9.17) is 4.74 Å². The van der Waals surface area contributed by atoms with Gasteiger partial charge in [0.05, 0.1) is 23.9 Å². The van der Waals surface area contributed by atoms with Crippen molar-refractivity contribution in [1.82, 2.24) is 14.5 Å². The molecule has 0 atom stereocenters. The van der Waals surface area contributed by atoms with E-state index in [0.717, 1.165) is 23.4 Å². The Labute approximate surface area is 189 Å². The number of aryl methyl sites for hydroxylation is 2. The van der Waals surface area contributed by atoms with Gasteiger partial charge in [0.1, 0.15) is 16.4 Å². The van der Waals surface area contributed by atoms with Crippen LogP contribution in [0.2, 0.25) is 0 Å². The van der Waals surface area contributed by atoms with Gasteiger partial charge in [-0.05, 0) is 25.3 Å². The summed E-state index contributed by atoms with van der Waals surface area (Å²) >= 11 is 1.32. The SMILES string of the molecule is CCCc1nc(C)c(C(=O)Nc2c(NCc3ccccc3)c(=O)[nH]c(=O)n2CCOC)s1. The van der Waals surface area contributed by atoms with Gasteiger partial charge < -0.3 is 15.4 Å². The second-order valence-electron chi connectivity index (χ2n) is 7.19. The molecule has 170 valence electrons. The van der Waals surface area contributed by atoms with E-state index in [9.17, 15) is 14.4 Å². The van der Waals surface area contributed by atoms with Gasteiger partial charge in [-0.2, -0.15) is 0 Å². The summed E-state index contributed by atoms with van der Waals surface area (Å²) in [6.07, 6.45) is 1.71. The van der Waals surface area contributed by atoms with Crippen LogP contribution in [0.3, 0.4) is 0 Å². The first kappa shape index (κ1) is 23.4. The van der Waals surface area contributed by atoms with Crippen LogP contribution in [0.1, 0.15) is 39.3 Å². The van der Waals surface area contributed by atoms with Gasteiger partial charge in [0.2, 0.25) is 0 Å². The van der Waals surface area contributed by atoms with Crippen LogP contribution in [0.25, 0.3) is 0 Å². The molecule has 1 amide bonds. The van der Waals surface area contributed by atoms with Crippen LogP contribution in [0.4, 0.5) is 11.5 Å². The average Bonchev–Trinajstić information content (AvgIpc) is 3.14. The lowest BCUT2D eigenvalue weighted by Gasteiger charge is -2.17. The molecule has 2 heterocycles. The molecule has 3 rings (SSSR count). The van der Waals surface area contributed by atoms with Crippen LogP contribution in [0.15, 0.2) is 39.9 Å². The summed E-state index contributed by atoms with van der Waals surface area (Å²) in [5, 5.41) is 6.72. The minimum absolute atomic E-state index is 0.0987. The van der Waals surface area contributed by atoms with Gasteiger partial charge in [0, 0.05) is 13.7 Å². The maximum absolute atomic E-state index is 13.1. The number of aromatic amines is 1. The fourth-order valence-electron chi connectivity index (χ4n) is 3.20. The number of carbonyl (C=O) groups is 1. The summed E-state index contributed by atoms with van der Waals surface area (Å²) in [7, 11) is 1.51. The molecule has 0 saturated heterocycles. The molecule has 0 unspecified atom stereocenters. The molecule has 0 fully saturated rings. The highest BCUT2D eigenvalue weighted by atomic mass is 32.1. The number of ether oxygens (including phenoxy) is 1. The van der Waals surface area contributed by atoms with Crippen LogP contribution >= 0.6 is 11.3 Å². The van der Waals surface area contributed by atoms with E-state index in [0.29, 0.717) is 17.1 Å². The maximum Gasteiger partial charge on any atom is 0.330 e. The Morgan fingerprint density at radius 3 is 2.69 bits per heavy atom. The second kappa shape index (κ2) is 10.9.